The number of imidazole rings is 1. The summed E-state index contributed by atoms with van der Waals surface area (Å²) in [4.78, 5) is 25.5. The van der Waals surface area contributed by atoms with Gasteiger partial charge >= 0.3 is 0 Å². The number of ether oxygens (including phenoxy) is 1. The van der Waals surface area contributed by atoms with Crippen LogP contribution in [0.25, 0.3) is 11.0 Å². The van der Waals surface area contributed by atoms with Crippen LogP contribution >= 0.6 is 11.8 Å². The van der Waals surface area contributed by atoms with Gasteiger partial charge in [0.25, 0.3) is 0 Å². The van der Waals surface area contributed by atoms with E-state index in [1.165, 1.54) is 17.8 Å². The number of carbonyl (C=O) groups is 1. The highest BCUT2D eigenvalue weighted by molar-refractivity contribution is 7.98. The van der Waals surface area contributed by atoms with Crippen LogP contribution in [0, 0.1) is 5.82 Å². The third-order valence-corrected chi connectivity index (χ3v) is 5.65. The molecule has 0 spiro atoms. The first kappa shape index (κ1) is 18.9. The number of piperidine rings is 1. The molecule has 0 aliphatic carbocycles. The van der Waals surface area contributed by atoms with Crippen molar-refractivity contribution >= 4 is 34.3 Å². The lowest BCUT2D eigenvalue weighted by Gasteiger charge is -2.28. The smallest absolute Gasteiger partial charge is 0.166 e. The fourth-order valence-corrected chi connectivity index (χ4v) is 4.10. The molecule has 1 saturated heterocycles. The zero-order chi connectivity index (χ0) is 19.5. The quantitative estimate of drug-likeness (QED) is 0.636. The van der Waals surface area contributed by atoms with Crippen LogP contribution in [0.15, 0.2) is 35.6 Å². The zero-order valence-electron chi connectivity index (χ0n) is 15.6. The molecule has 1 aliphatic heterocycles. The number of pyridine rings is 1. The minimum atomic E-state index is -0.295. The largest absolute Gasteiger partial charge is 0.380 e. The minimum absolute atomic E-state index is 0.236. The number of thioether (sulfide) groups is 1. The van der Waals surface area contributed by atoms with Crippen LogP contribution in [-0.4, -0.2) is 40.9 Å². The number of anilines is 1. The summed E-state index contributed by atoms with van der Waals surface area (Å²) in [5, 5.41) is 0.722. The number of halogens is 1. The molecule has 8 heteroatoms. The average Bonchev–Trinajstić information content (AvgIpc) is 3.09. The van der Waals surface area contributed by atoms with Crippen molar-refractivity contribution in [2.24, 2.45) is 0 Å². The molecule has 3 aromatic rings. The first-order chi connectivity index (χ1) is 13.6. The Morgan fingerprint density at radius 2 is 2.11 bits per heavy atom. The second-order valence-electron chi connectivity index (χ2n) is 6.77. The minimum Gasteiger partial charge on any atom is -0.380 e. The molecule has 0 atom stereocenters. The maximum atomic E-state index is 14.6. The second-order valence-corrected chi connectivity index (χ2v) is 7.73. The van der Waals surface area contributed by atoms with Gasteiger partial charge in [0.05, 0.1) is 29.0 Å². The molecule has 6 nitrogen and oxygen atoms in total. The van der Waals surface area contributed by atoms with Crippen molar-refractivity contribution in [2.75, 3.05) is 25.1 Å². The van der Waals surface area contributed by atoms with E-state index in [-0.39, 0.29) is 11.6 Å². The third-order valence-electron chi connectivity index (χ3n) is 4.74. The van der Waals surface area contributed by atoms with Gasteiger partial charge in [0.1, 0.15) is 11.6 Å². The fraction of sp³-hybridized carbons (Fsp3) is 0.350. The van der Waals surface area contributed by atoms with Gasteiger partial charge in [-0.1, -0.05) is 11.8 Å². The number of aromatic amines is 1. The predicted octanol–water partition coefficient (Wildman–Crippen LogP) is 3.71. The molecule has 3 heterocycles. The highest BCUT2D eigenvalue weighted by Gasteiger charge is 2.20. The van der Waals surface area contributed by atoms with E-state index in [1.54, 1.807) is 19.4 Å². The number of ketones is 1. The van der Waals surface area contributed by atoms with Crippen LogP contribution in [0.3, 0.4) is 0 Å². The van der Waals surface area contributed by atoms with Crippen molar-refractivity contribution in [1.82, 2.24) is 15.0 Å². The molecule has 0 saturated carbocycles. The number of aromatic nitrogens is 3. The molecule has 0 bridgehead atoms. The normalized spacial score (nSPS) is 14.8. The maximum absolute atomic E-state index is 14.6. The summed E-state index contributed by atoms with van der Waals surface area (Å²) in [5.41, 5.74) is 3.90. The lowest BCUT2D eigenvalue weighted by Crippen LogP contribution is -2.34. The Balaban J connectivity index is 1.50. The number of nitrogens with one attached hydrogen (secondary N) is 1. The van der Waals surface area contributed by atoms with Crippen molar-refractivity contribution < 1.29 is 13.9 Å². The molecule has 28 heavy (non-hydrogen) atoms. The first-order valence-corrected chi connectivity index (χ1v) is 10.1. The standard InChI is InChI=1S/C20H21FN4O2S/c1-27-11-13-2-5-22-14(8-13)12-28-20-23-17-9-16(21)19(10-18(17)24-20)25-6-3-15(26)4-7-25/h2,5,8-10H,3-4,6-7,11-12H2,1H3,(H,23,24). The van der Waals surface area contributed by atoms with Gasteiger partial charge in [-0.3, -0.25) is 9.78 Å². The molecule has 1 aromatic carbocycles. The number of hydrogen-bond donors (Lipinski definition) is 1. The van der Waals surface area contributed by atoms with E-state index in [1.807, 2.05) is 17.0 Å². The molecule has 4 rings (SSSR count). The van der Waals surface area contributed by atoms with Crippen molar-refractivity contribution in [1.29, 1.82) is 0 Å². The molecule has 146 valence electrons. The highest BCUT2D eigenvalue weighted by atomic mass is 32.2. The van der Waals surface area contributed by atoms with Crippen molar-refractivity contribution in [3.63, 3.8) is 0 Å². The Hall–Kier alpha value is -2.45. The number of carbonyl (C=O) groups excluding carboxylic acids is 1. The summed E-state index contributed by atoms with van der Waals surface area (Å²) < 4.78 is 19.7. The number of methoxy groups -OCH3 is 1. The zero-order valence-corrected chi connectivity index (χ0v) is 16.4. The molecule has 1 fully saturated rings. The summed E-state index contributed by atoms with van der Waals surface area (Å²) in [6.45, 7) is 1.66. The van der Waals surface area contributed by atoms with Crippen LogP contribution in [0.1, 0.15) is 24.1 Å². The van der Waals surface area contributed by atoms with E-state index in [4.69, 9.17) is 4.74 Å². The van der Waals surface area contributed by atoms with Crippen molar-refractivity contribution in [2.45, 2.75) is 30.4 Å². The van der Waals surface area contributed by atoms with Gasteiger partial charge in [0.15, 0.2) is 5.16 Å². The number of Topliss-reactive ketones (excluding diaryl/α,β-unsaturated/α-hetero) is 1. The maximum Gasteiger partial charge on any atom is 0.166 e. The van der Waals surface area contributed by atoms with Gasteiger partial charge in [-0.05, 0) is 23.8 Å². The summed E-state index contributed by atoms with van der Waals surface area (Å²) in [5.74, 6) is 0.594. The lowest BCUT2D eigenvalue weighted by atomic mass is 10.1. The SMILES string of the molecule is COCc1ccnc(CSc2nc3cc(N4CCC(=O)CC4)c(F)cc3[nH]2)c1. The third kappa shape index (κ3) is 4.18. The molecular formula is C20H21FN4O2S. The van der Waals surface area contributed by atoms with Gasteiger partial charge in [-0.2, -0.15) is 0 Å². The summed E-state index contributed by atoms with van der Waals surface area (Å²) in [6, 6.07) is 7.18. The monoisotopic (exact) mass is 400 g/mol. The van der Waals surface area contributed by atoms with Gasteiger partial charge in [0.2, 0.25) is 0 Å². The Labute approximate surface area is 166 Å². The Kier molecular flexibility index (Phi) is 5.59. The Morgan fingerprint density at radius 1 is 1.29 bits per heavy atom. The van der Waals surface area contributed by atoms with Gasteiger partial charge in [-0.25, -0.2) is 9.37 Å². The Morgan fingerprint density at radius 3 is 2.89 bits per heavy atom. The molecule has 1 N–H and O–H groups in total. The summed E-state index contributed by atoms with van der Waals surface area (Å²) in [7, 11) is 1.67. The number of nitrogens with zero attached hydrogens (tertiary/aromatic N) is 3. The number of benzene rings is 1. The number of rotatable bonds is 6. The highest BCUT2D eigenvalue weighted by Crippen LogP contribution is 2.29. The lowest BCUT2D eigenvalue weighted by molar-refractivity contribution is -0.119. The molecule has 0 radical (unpaired) electrons. The second kappa shape index (κ2) is 8.28. The topological polar surface area (TPSA) is 71.1 Å². The van der Waals surface area contributed by atoms with Crippen LogP contribution in [0.5, 0.6) is 0 Å². The van der Waals surface area contributed by atoms with Gasteiger partial charge in [-0.15, -0.1) is 0 Å². The van der Waals surface area contributed by atoms with E-state index in [0.717, 1.165) is 21.9 Å². The van der Waals surface area contributed by atoms with Gasteiger partial charge in [0, 0.05) is 51.1 Å². The van der Waals surface area contributed by atoms with E-state index < -0.39 is 0 Å². The van der Waals surface area contributed by atoms with Crippen LogP contribution < -0.4 is 4.90 Å². The van der Waals surface area contributed by atoms with Crippen molar-refractivity contribution in [3.05, 3.63) is 47.5 Å². The van der Waals surface area contributed by atoms with Crippen molar-refractivity contribution in [3.8, 4) is 0 Å². The van der Waals surface area contributed by atoms with Gasteiger partial charge < -0.3 is 14.6 Å². The van der Waals surface area contributed by atoms with Crippen LogP contribution in [-0.2, 0) is 21.9 Å². The molecular weight excluding hydrogens is 379 g/mol. The fourth-order valence-electron chi connectivity index (χ4n) is 3.31. The van der Waals surface area contributed by atoms with Crippen LogP contribution in [0.4, 0.5) is 10.1 Å². The molecule has 0 unspecified atom stereocenters. The first-order valence-electron chi connectivity index (χ1n) is 9.14. The number of fused-ring (bicyclic) bond motifs is 1. The van der Waals surface area contributed by atoms with E-state index >= 15 is 0 Å². The predicted molar refractivity (Wildman–Crippen MR) is 107 cm³/mol. The summed E-state index contributed by atoms with van der Waals surface area (Å²) >= 11 is 1.52. The molecule has 2 aromatic heterocycles. The Bertz CT molecular complexity index is 997. The number of hydrogen-bond acceptors (Lipinski definition) is 6. The molecule has 1 aliphatic rings. The van der Waals surface area contributed by atoms with E-state index in [9.17, 15) is 9.18 Å². The van der Waals surface area contributed by atoms with E-state index in [0.29, 0.717) is 49.5 Å². The molecule has 0 amide bonds. The summed E-state index contributed by atoms with van der Waals surface area (Å²) in [6.07, 6.45) is 2.70. The average molecular weight is 400 g/mol. The number of H-pyrrole nitrogens is 1. The van der Waals surface area contributed by atoms with Crippen LogP contribution in [0.2, 0.25) is 0 Å². The van der Waals surface area contributed by atoms with E-state index in [2.05, 4.69) is 15.0 Å².